The number of rotatable bonds is 3. The predicted molar refractivity (Wildman–Crippen MR) is 78.6 cm³/mol. The molecule has 5 heteroatoms. The van der Waals surface area contributed by atoms with Gasteiger partial charge in [-0.25, -0.2) is 0 Å². The van der Waals surface area contributed by atoms with Crippen molar-refractivity contribution < 1.29 is 4.79 Å². The maximum Gasteiger partial charge on any atom is 0.231 e. The molecule has 1 aliphatic rings. The van der Waals surface area contributed by atoms with Gasteiger partial charge in [-0.15, -0.1) is 23.7 Å². The highest BCUT2D eigenvalue weighted by atomic mass is 35.5. The molecule has 2 rings (SSSR count). The molecule has 0 aromatic carbocycles. The van der Waals surface area contributed by atoms with Crippen molar-refractivity contribution in [3.05, 3.63) is 22.4 Å². The van der Waals surface area contributed by atoms with Crippen molar-refractivity contribution in [1.82, 2.24) is 10.6 Å². The van der Waals surface area contributed by atoms with E-state index >= 15 is 0 Å². The van der Waals surface area contributed by atoms with E-state index in [-0.39, 0.29) is 18.3 Å². The van der Waals surface area contributed by atoms with Gasteiger partial charge in [-0.3, -0.25) is 4.79 Å². The van der Waals surface area contributed by atoms with Gasteiger partial charge in [-0.05, 0) is 51.2 Å². The molecular formula is C13H21ClN2OS. The highest BCUT2D eigenvalue weighted by molar-refractivity contribution is 7.10. The fourth-order valence-corrected chi connectivity index (χ4v) is 2.93. The Morgan fingerprint density at radius 3 is 2.67 bits per heavy atom. The number of piperidine rings is 1. The quantitative estimate of drug-likeness (QED) is 0.896. The predicted octanol–water partition coefficient (Wildman–Crippen LogP) is 2.32. The first-order valence-corrected chi connectivity index (χ1v) is 7.04. The molecule has 0 unspecified atom stereocenters. The van der Waals surface area contributed by atoms with Crippen molar-refractivity contribution in [2.45, 2.75) is 38.1 Å². The molecule has 2 N–H and O–H groups in total. The summed E-state index contributed by atoms with van der Waals surface area (Å²) in [6.45, 7) is 6.00. The normalized spacial score (nSPS) is 17.0. The summed E-state index contributed by atoms with van der Waals surface area (Å²) in [5, 5.41) is 8.50. The molecule has 0 radical (unpaired) electrons. The molecule has 0 saturated carbocycles. The van der Waals surface area contributed by atoms with Crippen LogP contribution in [0.15, 0.2) is 17.5 Å². The number of amides is 1. The third-order valence-electron chi connectivity index (χ3n) is 3.38. The van der Waals surface area contributed by atoms with Gasteiger partial charge in [0.2, 0.25) is 5.91 Å². The topological polar surface area (TPSA) is 41.1 Å². The minimum absolute atomic E-state index is 0. The van der Waals surface area contributed by atoms with Gasteiger partial charge in [0.15, 0.2) is 0 Å². The third kappa shape index (κ3) is 3.46. The summed E-state index contributed by atoms with van der Waals surface area (Å²) in [4.78, 5) is 13.4. The summed E-state index contributed by atoms with van der Waals surface area (Å²) in [5.41, 5.74) is -0.418. The van der Waals surface area contributed by atoms with E-state index in [2.05, 4.69) is 10.6 Å². The van der Waals surface area contributed by atoms with E-state index in [1.54, 1.807) is 11.3 Å². The molecule has 2 heterocycles. The highest BCUT2D eigenvalue weighted by Gasteiger charge is 2.32. The van der Waals surface area contributed by atoms with E-state index in [1.165, 1.54) is 0 Å². The lowest BCUT2D eigenvalue weighted by atomic mass is 9.89. The smallest absolute Gasteiger partial charge is 0.231 e. The van der Waals surface area contributed by atoms with E-state index < -0.39 is 5.41 Å². The molecule has 3 nitrogen and oxygen atoms in total. The largest absolute Gasteiger partial charge is 0.352 e. The maximum atomic E-state index is 12.3. The Balaban J connectivity index is 0.00000162. The van der Waals surface area contributed by atoms with Crippen molar-refractivity contribution in [3.63, 3.8) is 0 Å². The molecule has 1 aromatic rings. The average Bonchev–Trinajstić information content (AvgIpc) is 2.84. The summed E-state index contributed by atoms with van der Waals surface area (Å²) in [5.74, 6) is 0.145. The molecule has 1 fully saturated rings. The van der Waals surface area contributed by atoms with Gasteiger partial charge in [0, 0.05) is 10.9 Å². The Morgan fingerprint density at radius 2 is 2.11 bits per heavy atom. The lowest BCUT2D eigenvalue weighted by Gasteiger charge is -2.29. The monoisotopic (exact) mass is 288 g/mol. The van der Waals surface area contributed by atoms with Crippen molar-refractivity contribution in [2.24, 2.45) is 0 Å². The number of nitrogens with one attached hydrogen (secondary N) is 2. The molecule has 0 spiro atoms. The van der Waals surface area contributed by atoms with Crippen LogP contribution in [0.4, 0.5) is 0 Å². The number of halogens is 1. The van der Waals surface area contributed by atoms with Crippen molar-refractivity contribution in [3.8, 4) is 0 Å². The molecule has 0 aliphatic carbocycles. The number of hydrogen-bond donors (Lipinski definition) is 2. The van der Waals surface area contributed by atoms with Gasteiger partial charge in [-0.1, -0.05) is 6.07 Å². The number of thiophene rings is 1. The molecule has 102 valence electrons. The van der Waals surface area contributed by atoms with Crippen LogP contribution in [0, 0.1) is 0 Å². The van der Waals surface area contributed by atoms with Crippen LogP contribution in [0.1, 0.15) is 31.6 Å². The molecule has 1 aliphatic heterocycles. The van der Waals surface area contributed by atoms with Crippen LogP contribution >= 0.6 is 23.7 Å². The number of carbonyl (C=O) groups is 1. The SMILES string of the molecule is CC(C)(C(=O)NC1CCNCC1)c1cccs1.Cl. The molecule has 1 amide bonds. The standard InChI is InChI=1S/C13H20N2OS.ClH/c1-13(2,11-4-3-9-17-11)12(16)15-10-5-7-14-8-6-10;/h3-4,9-10,14H,5-8H2,1-2H3,(H,15,16);1H. The highest BCUT2D eigenvalue weighted by Crippen LogP contribution is 2.27. The van der Waals surface area contributed by atoms with E-state index in [0.717, 1.165) is 30.8 Å². The van der Waals surface area contributed by atoms with Crippen molar-refractivity contribution in [1.29, 1.82) is 0 Å². The minimum atomic E-state index is -0.418. The second kappa shape index (κ2) is 6.55. The average molecular weight is 289 g/mol. The number of hydrogen-bond acceptors (Lipinski definition) is 3. The van der Waals surface area contributed by atoms with Crippen LogP contribution in [0.2, 0.25) is 0 Å². The van der Waals surface area contributed by atoms with Crippen LogP contribution in [0.3, 0.4) is 0 Å². The van der Waals surface area contributed by atoms with Crippen LogP contribution < -0.4 is 10.6 Å². The summed E-state index contributed by atoms with van der Waals surface area (Å²) in [6, 6.07) is 4.37. The van der Waals surface area contributed by atoms with E-state index in [9.17, 15) is 4.79 Å². The Labute approximate surface area is 119 Å². The molecule has 1 aromatic heterocycles. The van der Waals surface area contributed by atoms with Crippen LogP contribution in [-0.2, 0) is 10.2 Å². The summed E-state index contributed by atoms with van der Waals surface area (Å²) in [6.07, 6.45) is 2.07. The van der Waals surface area contributed by atoms with Gasteiger partial charge in [-0.2, -0.15) is 0 Å². The second-order valence-corrected chi connectivity index (χ2v) is 6.05. The molecule has 0 atom stereocenters. The van der Waals surface area contributed by atoms with E-state index in [4.69, 9.17) is 0 Å². The van der Waals surface area contributed by atoms with Crippen LogP contribution in [0.5, 0.6) is 0 Å². The molecule has 18 heavy (non-hydrogen) atoms. The van der Waals surface area contributed by atoms with Gasteiger partial charge < -0.3 is 10.6 Å². The van der Waals surface area contributed by atoms with Crippen molar-refractivity contribution >= 4 is 29.7 Å². The Morgan fingerprint density at radius 1 is 1.44 bits per heavy atom. The Kier molecular flexibility index (Phi) is 5.63. The number of carbonyl (C=O) groups excluding carboxylic acids is 1. The lowest BCUT2D eigenvalue weighted by Crippen LogP contribution is -2.48. The van der Waals surface area contributed by atoms with Gasteiger partial charge >= 0.3 is 0 Å². The zero-order valence-electron chi connectivity index (χ0n) is 10.9. The Hall–Kier alpha value is -0.580. The zero-order chi connectivity index (χ0) is 12.3. The molecule has 0 bridgehead atoms. The summed E-state index contributed by atoms with van der Waals surface area (Å²) >= 11 is 1.65. The fourth-order valence-electron chi connectivity index (χ4n) is 2.08. The van der Waals surface area contributed by atoms with Crippen molar-refractivity contribution in [2.75, 3.05) is 13.1 Å². The van der Waals surface area contributed by atoms with Gasteiger partial charge in [0.1, 0.15) is 0 Å². The van der Waals surface area contributed by atoms with Gasteiger partial charge in [0.25, 0.3) is 0 Å². The molecular weight excluding hydrogens is 268 g/mol. The Bertz CT molecular complexity index is 372. The van der Waals surface area contributed by atoms with E-state index in [1.807, 2.05) is 31.4 Å². The zero-order valence-corrected chi connectivity index (χ0v) is 12.5. The maximum absolute atomic E-state index is 12.3. The third-order valence-corrected chi connectivity index (χ3v) is 4.57. The van der Waals surface area contributed by atoms with Crippen LogP contribution in [0.25, 0.3) is 0 Å². The molecule has 1 saturated heterocycles. The second-order valence-electron chi connectivity index (χ2n) is 5.10. The first-order chi connectivity index (χ1) is 8.10. The van der Waals surface area contributed by atoms with Crippen LogP contribution in [-0.4, -0.2) is 25.0 Å². The first-order valence-electron chi connectivity index (χ1n) is 6.16. The van der Waals surface area contributed by atoms with Gasteiger partial charge in [0.05, 0.1) is 5.41 Å². The lowest BCUT2D eigenvalue weighted by molar-refractivity contribution is -0.126. The summed E-state index contributed by atoms with van der Waals surface area (Å²) in [7, 11) is 0. The fraction of sp³-hybridized carbons (Fsp3) is 0.615. The first kappa shape index (κ1) is 15.5. The minimum Gasteiger partial charge on any atom is -0.352 e. The summed E-state index contributed by atoms with van der Waals surface area (Å²) < 4.78 is 0. The van der Waals surface area contributed by atoms with E-state index in [0.29, 0.717) is 6.04 Å².